The number of rotatable bonds is 1. The number of hydrogen-bond acceptors (Lipinski definition) is 1. The third-order valence-corrected chi connectivity index (χ3v) is 3.78. The molecule has 2 aliphatic carbocycles. The fourth-order valence-electron chi connectivity index (χ4n) is 3.03. The Balaban J connectivity index is 1.96. The Labute approximate surface area is 69.6 Å². The van der Waals surface area contributed by atoms with Crippen molar-refractivity contribution in [2.75, 3.05) is 7.05 Å². The zero-order chi connectivity index (χ0) is 7.73. The molecule has 0 aromatic heterocycles. The highest BCUT2D eigenvalue weighted by atomic mass is 14.9. The van der Waals surface area contributed by atoms with Gasteiger partial charge in [0.1, 0.15) is 0 Å². The normalized spacial score (nSPS) is 35.2. The molecular formula is C10H19N. The minimum Gasteiger partial charge on any atom is -0.317 e. The second-order valence-electron chi connectivity index (χ2n) is 4.44. The Bertz CT molecular complexity index is 136. The predicted molar refractivity (Wildman–Crippen MR) is 47.6 cm³/mol. The van der Waals surface area contributed by atoms with Crippen LogP contribution in [0.2, 0.25) is 0 Å². The fourth-order valence-corrected chi connectivity index (χ4v) is 3.03. The third-order valence-electron chi connectivity index (χ3n) is 3.78. The lowest BCUT2D eigenvalue weighted by Crippen LogP contribution is -2.23. The smallest absolute Gasteiger partial charge is 0.00695 e. The van der Waals surface area contributed by atoms with Crippen molar-refractivity contribution < 1.29 is 0 Å². The van der Waals surface area contributed by atoms with Crippen LogP contribution in [0, 0.1) is 5.41 Å². The molecule has 64 valence electrons. The molecule has 0 bridgehead atoms. The molecule has 0 amide bonds. The van der Waals surface area contributed by atoms with Crippen LogP contribution in [0.4, 0.5) is 0 Å². The van der Waals surface area contributed by atoms with Gasteiger partial charge in [0.2, 0.25) is 0 Å². The molecule has 2 fully saturated rings. The van der Waals surface area contributed by atoms with Crippen molar-refractivity contribution in [2.45, 2.75) is 51.0 Å². The summed E-state index contributed by atoms with van der Waals surface area (Å²) in [6.07, 6.45) is 10.4. The molecule has 0 aromatic rings. The highest BCUT2D eigenvalue weighted by molar-refractivity contribution is 4.94. The maximum atomic E-state index is 3.42. The van der Waals surface area contributed by atoms with Gasteiger partial charge in [-0.2, -0.15) is 0 Å². The van der Waals surface area contributed by atoms with Gasteiger partial charge in [-0.05, 0) is 44.6 Å². The minimum atomic E-state index is 0.799. The van der Waals surface area contributed by atoms with Gasteiger partial charge in [-0.3, -0.25) is 0 Å². The standard InChI is InChI=1S/C10H19N/c1-11-9-4-7-10(8-9)5-2-3-6-10/h9,11H,2-8H2,1H3/t9-/m0/s1. The first-order valence-corrected chi connectivity index (χ1v) is 5.02. The Morgan fingerprint density at radius 2 is 1.91 bits per heavy atom. The molecule has 2 rings (SSSR count). The van der Waals surface area contributed by atoms with E-state index in [1.165, 1.54) is 44.9 Å². The van der Waals surface area contributed by atoms with Gasteiger partial charge >= 0.3 is 0 Å². The molecule has 1 heteroatoms. The van der Waals surface area contributed by atoms with Crippen molar-refractivity contribution in [1.82, 2.24) is 5.32 Å². The van der Waals surface area contributed by atoms with Crippen molar-refractivity contribution in [3.8, 4) is 0 Å². The molecular weight excluding hydrogens is 134 g/mol. The molecule has 1 atom stereocenters. The summed E-state index contributed by atoms with van der Waals surface area (Å²) in [6, 6.07) is 0.841. The van der Waals surface area contributed by atoms with Crippen molar-refractivity contribution in [3.05, 3.63) is 0 Å². The summed E-state index contributed by atoms with van der Waals surface area (Å²) in [7, 11) is 2.11. The lowest BCUT2D eigenvalue weighted by molar-refractivity contribution is 0.300. The van der Waals surface area contributed by atoms with Gasteiger partial charge in [-0.15, -0.1) is 0 Å². The van der Waals surface area contributed by atoms with Crippen molar-refractivity contribution in [3.63, 3.8) is 0 Å². The van der Waals surface area contributed by atoms with Crippen LogP contribution in [-0.4, -0.2) is 13.1 Å². The van der Waals surface area contributed by atoms with E-state index < -0.39 is 0 Å². The van der Waals surface area contributed by atoms with E-state index >= 15 is 0 Å². The molecule has 11 heavy (non-hydrogen) atoms. The van der Waals surface area contributed by atoms with Crippen LogP contribution in [0.1, 0.15) is 44.9 Å². The van der Waals surface area contributed by atoms with E-state index in [1.807, 2.05) is 0 Å². The van der Waals surface area contributed by atoms with Gasteiger partial charge in [0.15, 0.2) is 0 Å². The zero-order valence-electron chi connectivity index (χ0n) is 7.53. The van der Waals surface area contributed by atoms with Crippen molar-refractivity contribution in [1.29, 1.82) is 0 Å². The van der Waals surface area contributed by atoms with Gasteiger partial charge in [-0.25, -0.2) is 0 Å². The number of hydrogen-bond donors (Lipinski definition) is 1. The molecule has 1 N–H and O–H groups in total. The van der Waals surface area contributed by atoms with E-state index in [9.17, 15) is 0 Å². The molecule has 0 heterocycles. The first-order chi connectivity index (χ1) is 5.35. The number of nitrogens with one attached hydrogen (secondary N) is 1. The lowest BCUT2D eigenvalue weighted by Gasteiger charge is -2.22. The fraction of sp³-hybridized carbons (Fsp3) is 1.00. The second kappa shape index (κ2) is 2.78. The Morgan fingerprint density at radius 1 is 1.18 bits per heavy atom. The van der Waals surface area contributed by atoms with Crippen LogP contribution in [0.15, 0.2) is 0 Å². The summed E-state index contributed by atoms with van der Waals surface area (Å²) in [5.74, 6) is 0. The van der Waals surface area contributed by atoms with Gasteiger partial charge in [0, 0.05) is 6.04 Å². The largest absolute Gasteiger partial charge is 0.317 e. The average Bonchev–Trinajstić information content (AvgIpc) is 2.62. The van der Waals surface area contributed by atoms with Crippen LogP contribution < -0.4 is 5.32 Å². The van der Waals surface area contributed by atoms with E-state index in [-0.39, 0.29) is 0 Å². The molecule has 0 aliphatic heterocycles. The summed E-state index contributed by atoms with van der Waals surface area (Å²) in [6.45, 7) is 0. The molecule has 0 saturated heterocycles. The Hall–Kier alpha value is -0.0400. The predicted octanol–water partition coefficient (Wildman–Crippen LogP) is 2.32. The third kappa shape index (κ3) is 1.31. The minimum absolute atomic E-state index is 0.799. The second-order valence-corrected chi connectivity index (χ2v) is 4.44. The van der Waals surface area contributed by atoms with E-state index in [0.717, 1.165) is 11.5 Å². The lowest BCUT2D eigenvalue weighted by atomic mass is 9.84. The highest BCUT2D eigenvalue weighted by Gasteiger charge is 2.40. The molecule has 1 spiro atoms. The van der Waals surface area contributed by atoms with Crippen LogP contribution >= 0.6 is 0 Å². The summed E-state index contributed by atoms with van der Waals surface area (Å²) >= 11 is 0. The van der Waals surface area contributed by atoms with Gasteiger partial charge in [0.25, 0.3) is 0 Å². The van der Waals surface area contributed by atoms with E-state index in [1.54, 1.807) is 0 Å². The molecule has 2 aliphatic rings. The van der Waals surface area contributed by atoms with Crippen LogP contribution in [0.25, 0.3) is 0 Å². The quantitative estimate of drug-likeness (QED) is 0.609. The monoisotopic (exact) mass is 153 g/mol. The maximum Gasteiger partial charge on any atom is 0.00695 e. The maximum absolute atomic E-state index is 3.42. The van der Waals surface area contributed by atoms with Crippen molar-refractivity contribution in [2.24, 2.45) is 5.41 Å². The average molecular weight is 153 g/mol. The molecule has 2 saturated carbocycles. The van der Waals surface area contributed by atoms with Crippen molar-refractivity contribution >= 4 is 0 Å². The van der Waals surface area contributed by atoms with Gasteiger partial charge < -0.3 is 5.32 Å². The SMILES string of the molecule is CN[C@H]1CCC2(CCCC2)C1. The molecule has 1 nitrogen and oxygen atoms in total. The molecule has 0 unspecified atom stereocenters. The van der Waals surface area contributed by atoms with Gasteiger partial charge in [-0.1, -0.05) is 12.8 Å². The summed E-state index contributed by atoms with van der Waals surface area (Å²) < 4.78 is 0. The first kappa shape index (κ1) is 7.60. The van der Waals surface area contributed by atoms with E-state index in [2.05, 4.69) is 12.4 Å². The van der Waals surface area contributed by atoms with E-state index in [0.29, 0.717) is 0 Å². The Morgan fingerprint density at radius 3 is 2.45 bits per heavy atom. The highest BCUT2D eigenvalue weighted by Crippen LogP contribution is 2.50. The van der Waals surface area contributed by atoms with E-state index in [4.69, 9.17) is 0 Å². The topological polar surface area (TPSA) is 12.0 Å². The summed E-state index contributed by atoms with van der Waals surface area (Å²) in [4.78, 5) is 0. The van der Waals surface area contributed by atoms with Crippen LogP contribution in [0.3, 0.4) is 0 Å². The summed E-state index contributed by atoms with van der Waals surface area (Å²) in [5, 5.41) is 3.42. The molecule has 0 radical (unpaired) electrons. The Kier molecular flexibility index (Phi) is 1.92. The van der Waals surface area contributed by atoms with Crippen LogP contribution in [-0.2, 0) is 0 Å². The summed E-state index contributed by atoms with van der Waals surface area (Å²) in [5.41, 5.74) is 0.799. The van der Waals surface area contributed by atoms with Gasteiger partial charge in [0.05, 0.1) is 0 Å². The zero-order valence-corrected chi connectivity index (χ0v) is 7.53. The van der Waals surface area contributed by atoms with Crippen LogP contribution in [0.5, 0.6) is 0 Å². The first-order valence-electron chi connectivity index (χ1n) is 5.02. The molecule has 0 aromatic carbocycles.